The Morgan fingerprint density at radius 1 is 1.12 bits per heavy atom. The van der Waals surface area contributed by atoms with Gasteiger partial charge in [0.05, 0.1) is 12.6 Å². The van der Waals surface area contributed by atoms with Gasteiger partial charge in [-0.3, -0.25) is 4.79 Å². The van der Waals surface area contributed by atoms with E-state index < -0.39 is 0 Å². The van der Waals surface area contributed by atoms with E-state index in [0.717, 1.165) is 11.1 Å². The number of benzene rings is 2. The molecule has 26 heavy (non-hydrogen) atoms. The largest absolute Gasteiger partial charge is 0.366 e. The van der Waals surface area contributed by atoms with E-state index in [2.05, 4.69) is 32.9 Å². The molecule has 0 spiro atoms. The predicted octanol–water partition coefficient (Wildman–Crippen LogP) is 3.77. The second-order valence-electron chi connectivity index (χ2n) is 8.00. The van der Waals surface area contributed by atoms with Gasteiger partial charge in [-0.1, -0.05) is 63.2 Å². The minimum Gasteiger partial charge on any atom is -0.366 e. The Bertz CT molecular complexity index is 752. The molecule has 2 atom stereocenters. The van der Waals surface area contributed by atoms with Gasteiger partial charge in [-0.25, -0.2) is 0 Å². The lowest BCUT2D eigenvalue weighted by molar-refractivity contribution is -0.119. The number of rotatable bonds is 3. The van der Waals surface area contributed by atoms with Crippen LogP contribution in [0.4, 0.5) is 0 Å². The summed E-state index contributed by atoms with van der Waals surface area (Å²) in [5.41, 5.74) is 8.44. The van der Waals surface area contributed by atoms with Crippen LogP contribution < -0.4 is 5.73 Å². The van der Waals surface area contributed by atoms with Crippen molar-refractivity contribution in [1.82, 2.24) is 4.90 Å². The van der Waals surface area contributed by atoms with Gasteiger partial charge in [-0.2, -0.15) is 0 Å². The summed E-state index contributed by atoms with van der Waals surface area (Å²) in [4.78, 5) is 15.1. The predicted molar refractivity (Wildman–Crippen MR) is 104 cm³/mol. The molecule has 1 fully saturated rings. The summed E-state index contributed by atoms with van der Waals surface area (Å²) >= 11 is 0. The maximum absolute atomic E-state index is 13.1. The average molecular weight is 352 g/mol. The molecule has 0 radical (unpaired) electrons. The summed E-state index contributed by atoms with van der Waals surface area (Å²) in [6, 6.07) is 17.7. The van der Waals surface area contributed by atoms with E-state index in [1.165, 1.54) is 0 Å². The monoisotopic (exact) mass is 352 g/mol. The second-order valence-corrected chi connectivity index (χ2v) is 8.00. The van der Waals surface area contributed by atoms with Gasteiger partial charge in [0.15, 0.2) is 0 Å². The zero-order chi connectivity index (χ0) is 18.7. The van der Waals surface area contributed by atoms with Gasteiger partial charge < -0.3 is 15.4 Å². The fourth-order valence-corrected chi connectivity index (χ4v) is 3.27. The van der Waals surface area contributed by atoms with Crippen LogP contribution in [0, 0.1) is 5.41 Å². The fraction of sp³-hybridized carbons (Fsp3) is 0.409. The molecule has 2 aromatic carbocycles. The zero-order valence-electron chi connectivity index (χ0n) is 15.8. The van der Waals surface area contributed by atoms with Gasteiger partial charge in [0.2, 0.25) is 0 Å². The van der Waals surface area contributed by atoms with Crippen LogP contribution in [0.2, 0.25) is 0 Å². The van der Waals surface area contributed by atoms with Crippen LogP contribution in [0.1, 0.15) is 48.4 Å². The van der Waals surface area contributed by atoms with Crippen LogP contribution in [0.25, 0.3) is 0 Å². The molecule has 138 valence electrons. The lowest BCUT2D eigenvalue weighted by Gasteiger charge is -2.43. The Morgan fingerprint density at radius 2 is 1.85 bits per heavy atom. The highest BCUT2D eigenvalue weighted by Crippen LogP contribution is 2.34. The minimum atomic E-state index is -0.115. The highest BCUT2D eigenvalue weighted by molar-refractivity contribution is 5.94. The molecule has 2 aromatic rings. The van der Waals surface area contributed by atoms with Crippen molar-refractivity contribution in [2.75, 3.05) is 13.1 Å². The molecule has 2 N–H and O–H groups in total. The Kier molecular flexibility index (Phi) is 5.44. The first kappa shape index (κ1) is 18.6. The highest BCUT2D eigenvalue weighted by Gasteiger charge is 2.37. The maximum Gasteiger partial charge on any atom is 0.254 e. The Balaban J connectivity index is 1.88. The smallest absolute Gasteiger partial charge is 0.254 e. The molecule has 0 saturated carbocycles. The topological polar surface area (TPSA) is 55.6 Å². The van der Waals surface area contributed by atoms with Crippen molar-refractivity contribution in [3.8, 4) is 0 Å². The summed E-state index contributed by atoms with van der Waals surface area (Å²) in [7, 11) is 0. The van der Waals surface area contributed by atoms with E-state index in [9.17, 15) is 4.79 Å². The van der Waals surface area contributed by atoms with E-state index in [4.69, 9.17) is 10.5 Å². The number of amides is 1. The molecule has 1 aliphatic rings. The molecule has 4 nitrogen and oxygen atoms in total. The van der Waals surface area contributed by atoms with E-state index in [0.29, 0.717) is 25.2 Å². The van der Waals surface area contributed by atoms with Crippen LogP contribution in [0.5, 0.6) is 0 Å². The number of hydrogen-bond acceptors (Lipinski definition) is 3. The molecule has 0 aromatic heterocycles. The number of hydrogen-bond donors (Lipinski definition) is 1. The fourth-order valence-electron chi connectivity index (χ4n) is 3.27. The maximum atomic E-state index is 13.1. The third kappa shape index (κ3) is 4.14. The first-order valence-corrected chi connectivity index (χ1v) is 9.17. The third-order valence-electron chi connectivity index (χ3n) is 4.94. The van der Waals surface area contributed by atoms with E-state index >= 15 is 0 Å². The first-order chi connectivity index (χ1) is 12.4. The molecular formula is C22H28N2O2. The van der Waals surface area contributed by atoms with Crippen LogP contribution in [-0.4, -0.2) is 30.0 Å². The van der Waals surface area contributed by atoms with Gasteiger partial charge in [-0.15, -0.1) is 0 Å². The van der Waals surface area contributed by atoms with Gasteiger partial charge >= 0.3 is 0 Å². The molecule has 1 aliphatic heterocycles. The number of ether oxygens (including phenoxy) is 1. The molecule has 0 unspecified atom stereocenters. The molecular weight excluding hydrogens is 324 g/mol. The van der Waals surface area contributed by atoms with Gasteiger partial charge in [0.25, 0.3) is 5.91 Å². The number of nitrogens with two attached hydrogens (primary N) is 1. The van der Waals surface area contributed by atoms with Crippen LogP contribution in [0.3, 0.4) is 0 Å². The molecule has 3 rings (SSSR count). The number of carbonyl (C=O) groups excluding carboxylic acids is 1. The summed E-state index contributed by atoms with van der Waals surface area (Å²) in [5, 5.41) is 0. The summed E-state index contributed by atoms with van der Waals surface area (Å²) in [6.07, 6.45) is -0.140. The third-order valence-corrected chi connectivity index (χ3v) is 4.94. The van der Waals surface area contributed by atoms with Crippen molar-refractivity contribution in [2.24, 2.45) is 11.1 Å². The van der Waals surface area contributed by atoms with Crippen LogP contribution in [0.15, 0.2) is 54.6 Å². The molecule has 0 aliphatic carbocycles. The second kappa shape index (κ2) is 7.60. The lowest BCUT2D eigenvalue weighted by Crippen LogP contribution is -2.51. The average Bonchev–Trinajstić information content (AvgIpc) is 2.67. The Labute approximate surface area is 156 Å². The summed E-state index contributed by atoms with van der Waals surface area (Å²) < 4.78 is 6.38. The van der Waals surface area contributed by atoms with E-state index in [-0.39, 0.29) is 23.5 Å². The molecule has 1 amide bonds. The summed E-state index contributed by atoms with van der Waals surface area (Å²) in [6.45, 7) is 8.05. The van der Waals surface area contributed by atoms with Crippen LogP contribution >= 0.6 is 0 Å². The standard InChI is InChI=1S/C22H28N2O2/c1-22(2,3)20-15-24(14-19(26-20)17-9-5-4-6-10-17)21(25)18-11-7-8-16(12-18)13-23/h4-12,19-20H,13-15,23H2,1-3H3/t19-,20+/m0/s1. The highest BCUT2D eigenvalue weighted by atomic mass is 16.5. The minimum absolute atomic E-state index is 0.0249. The molecule has 1 heterocycles. The number of nitrogens with zero attached hydrogens (tertiary/aromatic N) is 1. The molecule has 0 bridgehead atoms. The summed E-state index contributed by atoms with van der Waals surface area (Å²) in [5.74, 6) is 0.0405. The Hall–Kier alpha value is -2.17. The van der Waals surface area contributed by atoms with Crippen molar-refractivity contribution in [2.45, 2.75) is 39.5 Å². The lowest BCUT2D eigenvalue weighted by atomic mass is 9.87. The normalized spacial score (nSPS) is 20.8. The quantitative estimate of drug-likeness (QED) is 0.915. The molecule has 1 saturated heterocycles. The van der Waals surface area contributed by atoms with E-state index in [1.54, 1.807) is 0 Å². The van der Waals surface area contributed by atoms with Crippen molar-refractivity contribution >= 4 is 5.91 Å². The van der Waals surface area contributed by atoms with Gasteiger partial charge in [0, 0.05) is 18.7 Å². The molecule has 4 heteroatoms. The Morgan fingerprint density at radius 3 is 2.50 bits per heavy atom. The van der Waals surface area contributed by atoms with Gasteiger partial charge in [-0.05, 0) is 28.7 Å². The van der Waals surface area contributed by atoms with Crippen molar-refractivity contribution in [3.05, 3.63) is 71.3 Å². The van der Waals surface area contributed by atoms with Crippen LogP contribution in [-0.2, 0) is 11.3 Å². The van der Waals surface area contributed by atoms with E-state index in [1.807, 2.05) is 47.4 Å². The van der Waals surface area contributed by atoms with Gasteiger partial charge in [0.1, 0.15) is 6.10 Å². The van der Waals surface area contributed by atoms with Crippen molar-refractivity contribution in [1.29, 1.82) is 0 Å². The van der Waals surface area contributed by atoms with Crippen molar-refractivity contribution < 1.29 is 9.53 Å². The number of carbonyl (C=O) groups is 1. The first-order valence-electron chi connectivity index (χ1n) is 9.17. The SMILES string of the molecule is CC(C)(C)[C@H]1CN(C(=O)c2cccc(CN)c2)C[C@@H](c2ccccc2)O1. The number of morpholine rings is 1. The van der Waals surface area contributed by atoms with Crippen molar-refractivity contribution in [3.63, 3.8) is 0 Å². The zero-order valence-corrected chi connectivity index (χ0v) is 15.8.